The van der Waals surface area contributed by atoms with Crippen molar-refractivity contribution in [1.82, 2.24) is 14.5 Å². The second-order valence-electron chi connectivity index (χ2n) is 7.65. The Labute approximate surface area is 156 Å². The van der Waals surface area contributed by atoms with Crippen molar-refractivity contribution in [2.75, 3.05) is 32.7 Å². The van der Waals surface area contributed by atoms with Crippen LogP contribution in [0.1, 0.15) is 32.3 Å². The minimum absolute atomic E-state index is 0.0396. The van der Waals surface area contributed by atoms with Crippen LogP contribution in [0.2, 0.25) is 0 Å². The zero-order valence-electron chi connectivity index (χ0n) is 15.6. The maximum absolute atomic E-state index is 13.1. The lowest BCUT2D eigenvalue weighted by molar-refractivity contribution is -0.132. The third kappa shape index (κ3) is 4.64. The van der Waals surface area contributed by atoms with Crippen molar-refractivity contribution in [3.8, 4) is 0 Å². The maximum Gasteiger partial charge on any atom is 0.243 e. The molecule has 0 bridgehead atoms. The topological polar surface area (TPSA) is 69.7 Å². The van der Waals surface area contributed by atoms with Gasteiger partial charge in [0, 0.05) is 32.2 Å². The molecular weight excluding hydrogens is 350 g/mol. The molecule has 1 aliphatic heterocycles. The number of amides is 1. The van der Waals surface area contributed by atoms with Crippen LogP contribution in [0.3, 0.4) is 0 Å². The van der Waals surface area contributed by atoms with Gasteiger partial charge in [0.25, 0.3) is 0 Å². The fourth-order valence-corrected chi connectivity index (χ4v) is 4.96. The molecule has 7 heteroatoms. The van der Waals surface area contributed by atoms with E-state index in [2.05, 4.69) is 19.2 Å². The van der Waals surface area contributed by atoms with Gasteiger partial charge in [-0.05, 0) is 42.9 Å². The Balaban J connectivity index is 1.74. The van der Waals surface area contributed by atoms with Gasteiger partial charge >= 0.3 is 0 Å². The SMILES string of the molecule is CC(C)Cc1ccc(S(=O)(=O)N(CC(=O)N2CCNCC2)C2CC2)cc1. The number of rotatable bonds is 7. The Hall–Kier alpha value is -1.44. The first-order valence-corrected chi connectivity index (χ1v) is 10.9. The van der Waals surface area contributed by atoms with Crippen molar-refractivity contribution in [2.24, 2.45) is 5.92 Å². The summed E-state index contributed by atoms with van der Waals surface area (Å²) in [6.45, 7) is 7.03. The number of nitrogens with one attached hydrogen (secondary N) is 1. The molecule has 2 fully saturated rings. The van der Waals surface area contributed by atoms with Crippen LogP contribution in [0.25, 0.3) is 0 Å². The lowest BCUT2D eigenvalue weighted by Crippen LogP contribution is -2.50. The highest BCUT2D eigenvalue weighted by atomic mass is 32.2. The van der Waals surface area contributed by atoms with Crippen molar-refractivity contribution in [3.05, 3.63) is 29.8 Å². The first-order chi connectivity index (χ1) is 12.4. The van der Waals surface area contributed by atoms with Crippen LogP contribution in [-0.4, -0.2) is 62.3 Å². The zero-order chi connectivity index (χ0) is 18.7. The molecule has 3 rings (SSSR count). The Morgan fingerprint density at radius 3 is 2.35 bits per heavy atom. The summed E-state index contributed by atoms with van der Waals surface area (Å²) >= 11 is 0. The second kappa shape index (κ2) is 8.06. The lowest BCUT2D eigenvalue weighted by Gasteiger charge is -2.30. The minimum atomic E-state index is -3.65. The van der Waals surface area contributed by atoms with Crippen molar-refractivity contribution in [3.63, 3.8) is 0 Å². The highest BCUT2D eigenvalue weighted by Gasteiger charge is 2.40. The molecule has 1 aliphatic carbocycles. The fourth-order valence-electron chi connectivity index (χ4n) is 3.32. The molecule has 0 radical (unpaired) electrons. The molecule has 1 amide bonds. The van der Waals surface area contributed by atoms with Gasteiger partial charge < -0.3 is 10.2 Å². The van der Waals surface area contributed by atoms with Gasteiger partial charge in [0.1, 0.15) is 0 Å². The van der Waals surface area contributed by atoms with Crippen LogP contribution < -0.4 is 5.32 Å². The van der Waals surface area contributed by atoms with Gasteiger partial charge in [-0.3, -0.25) is 4.79 Å². The molecule has 26 heavy (non-hydrogen) atoms. The van der Waals surface area contributed by atoms with E-state index in [0.717, 1.165) is 37.9 Å². The van der Waals surface area contributed by atoms with Crippen LogP contribution in [0.15, 0.2) is 29.2 Å². The number of carbonyl (C=O) groups excluding carboxylic acids is 1. The van der Waals surface area contributed by atoms with Gasteiger partial charge in [-0.25, -0.2) is 8.42 Å². The highest BCUT2D eigenvalue weighted by Crippen LogP contribution is 2.32. The van der Waals surface area contributed by atoms with E-state index in [-0.39, 0.29) is 23.4 Å². The van der Waals surface area contributed by atoms with Crippen LogP contribution in [0.5, 0.6) is 0 Å². The molecule has 0 unspecified atom stereocenters. The Morgan fingerprint density at radius 1 is 1.19 bits per heavy atom. The summed E-state index contributed by atoms with van der Waals surface area (Å²) in [5, 5.41) is 3.21. The largest absolute Gasteiger partial charge is 0.339 e. The molecule has 1 saturated heterocycles. The summed E-state index contributed by atoms with van der Waals surface area (Å²) in [7, 11) is -3.65. The van der Waals surface area contributed by atoms with E-state index in [1.807, 2.05) is 12.1 Å². The van der Waals surface area contributed by atoms with Crippen LogP contribution in [-0.2, 0) is 21.2 Å². The first-order valence-electron chi connectivity index (χ1n) is 9.47. The Bertz CT molecular complexity index is 721. The van der Waals surface area contributed by atoms with E-state index in [1.165, 1.54) is 4.31 Å². The summed E-state index contributed by atoms with van der Waals surface area (Å²) in [6, 6.07) is 7.09. The van der Waals surface area contributed by atoms with Crippen molar-refractivity contribution in [1.29, 1.82) is 0 Å². The smallest absolute Gasteiger partial charge is 0.243 e. The molecule has 1 aromatic carbocycles. The normalized spacial score (nSPS) is 18.5. The highest BCUT2D eigenvalue weighted by molar-refractivity contribution is 7.89. The molecule has 1 heterocycles. The quantitative estimate of drug-likeness (QED) is 0.779. The van der Waals surface area contributed by atoms with E-state index < -0.39 is 10.0 Å². The van der Waals surface area contributed by atoms with Gasteiger partial charge in [0.05, 0.1) is 11.4 Å². The summed E-state index contributed by atoms with van der Waals surface area (Å²) in [4.78, 5) is 14.6. The lowest BCUT2D eigenvalue weighted by atomic mass is 10.0. The number of benzene rings is 1. The molecule has 1 saturated carbocycles. The molecular formula is C19H29N3O3S. The molecule has 1 aromatic rings. The third-order valence-corrected chi connectivity index (χ3v) is 6.80. The summed E-state index contributed by atoms with van der Waals surface area (Å²) < 4.78 is 27.6. The van der Waals surface area contributed by atoms with E-state index >= 15 is 0 Å². The predicted molar refractivity (Wildman–Crippen MR) is 101 cm³/mol. The second-order valence-corrected chi connectivity index (χ2v) is 9.54. The Morgan fingerprint density at radius 2 is 1.81 bits per heavy atom. The predicted octanol–water partition coefficient (Wildman–Crippen LogP) is 1.47. The maximum atomic E-state index is 13.1. The Kier molecular flexibility index (Phi) is 5.99. The number of sulfonamides is 1. The number of carbonyl (C=O) groups is 1. The minimum Gasteiger partial charge on any atom is -0.339 e. The van der Waals surface area contributed by atoms with Crippen LogP contribution in [0, 0.1) is 5.92 Å². The van der Waals surface area contributed by atoms with E-state index in [0.29, 0.717) is 19.0 Å². The van der Waals surface area contributed by atoms with E-state index in [9.17, 15) is 13.2 Å². The van der Waals surface area contributed by atoms with Gasteiger partial charge in [0.15, 0.2) is 0 Å². The average molecular weight is 380 g/mol. The molecule has 2 aliphatic rings. The van der Waals surface area contributed by atoms with E-state index in [4.69, 9.17) is 0 Å². The number of hydrogen-bond donors (Lipinski definition) is 1. The van der Waals surface area contributed by atoms with Crippen LogP contribution >= 0.6 is 0 Å². The molecule has 0 atom stereocenters. The molecule has 1 N–H and O–H groups in total. The average Bonchev–Trinajstić information content (AvgIpc) is 3.45. The number of piperazine rings is 1. The fraction of sp³-hybridized carbons (Fsp3) is 0.632. The zero-order valence-corrected chi connectivity index (χ0v) is 16.5. The monoisotopic (exact) mass is 379 g/mol. The van der Waals surface area contributed by atoms with Crippen molar-refractivity contribution in [2.45, 2.75) is 44.0 Å². The number of hydrogen-bond acceptors (Lipinski definition) is 4. The molecule has 0 aromatic heterocycles. The van der Waals surface area contributed by atoms with Gasteiger partial charge in [0.2, 0.25) is 15.9 Å². The molecule has 144 valence electrons. The summed E-state index contributed by atoms with van der Waals surface area (Å²) in [5.41, 5.74) is 1.13. The summed E-state index contributed by atoms with van der Waals surface area (Å²) in [6.07, 6.45) is 2.59. The van der Waals surface area contributed by atoms with Crippen molar-refractivity contribution < 1.29 is 13.2 Å². The van der Waals surface area contributed by atoms with Crippen molar-refractivity contribution >= 4 is 15.9 Å². The standard InChI is InChI=1S/C19H29N3O3S/c1-15(2)13-16-3-7-18(8-4-16)26(24,25)22(17-5-6-17)14-19(23)21-11-9-20-10-12-21/h3-4,7-8,15,17,20H,5-6,9-14H2,1-2H3. The van der Waals surface area contributed by atoms with E-state index in [1.54, 1.807) is 17.0 Å². The van der Waals surface area contributed by atoms with Crippen LogP contribution in [0.4, 0.5) is 0 Å². The third-order valence-electron chi connectivity index (χ3n) is 4.89. The molecule has 0 spiro atoms. The van der Waals surface area contributed by atoms with Gasteiger partial charge in [-0.1, -0.05) is 26.0 Å². The van der Waals surface area contributed by atoms with Gasteiger partial charge in [-0.2, -0.15) is 4.31 Å². The first kappa shape index (κ1) is 19.3. The molecule has 6 nitrogen and oxygen atoms in total. The van der Waals surface area contributed by atoms with Gasteiger partial charge in [-0.15, -0.1) is 0 Å². The number of nitrogens with zero attached hydrogens (tertiary/aromatic N) is 2. The summed E-state index contributed by atoms with van der Waals surface area (Å²) in [5.74, 6) is 0.426.